The van der Waals surface area contributed by atoms with Crippen molar-refractivity contribution in [3.05, 3.63) is 0 Å². The molecular formula is C11H22ClO4P. The van der Waals surface area contributed by atoms with Gasteiger partial charge in [0.05, 0.1) is 19.1 Å². The molecule has 0 aliphatic heterocycles. The first-order valence-corrected chi connectivity index (χ1v) is 8.30. The van der Waals surface area contributed by atoms with Crippen molar-refractivity contribution in [2.75, 3.05) is 25.3 Å². The van der Waals surface area contributed by atoms with Gasteiger partial charge in [0.1, 0.15) is 6.16 Å². The van der Waals surface area contributed by atoms with E-state index in [0.29, 0.717) is 13.2 Å². The molecule has 0 amide bonds. The second-order valence-electron chi connectivity index (χ2n) is 3.81. The van der Waals surface area contributed by atoms with Crippen LogP contribution >= 0.6 is 19.2 Å². The van der Waals surface area contributed by atoms with Gasteiger partial charge in [0, 0.05) is 0 Å². The summed E-state index contributed by atoms with van der Waals surface area (Å²) in [5, 5.41) is 0. The number of Topliss-reactive ketones (excluding diaryl/α,β-unsaturated/α-hetero) is 1. The van der Waals surface area contributed by atoms with Gasteiger partial charge in [-0.1, -0.05) is 26.7 Å². The zero-order valence-corrected chi connectivity index (χ0v) is 12.3. The Morgan fingerprint density at radius 3 is 1.94 bits per heavy atom. The average molecular weight is 285 g/mol. The summed E-state index contributed by atoms with van der Waals surface area (Å²) in [4.78, 5) is 11.2. The lowest BCUT2D eigenvalue weighted by Crippen LogP contribution is -2.11. The summed E-state index contributed by atoms with van der Waals surface area (Å²) in [5.74, 6) is -0.457. The molecule has 0 rings (SSSR count). The molecule has 0 aliphatic rings. The summed E-state index contributed by atoms with van der Waals surface area (Å²) in [6.07, 6.45) is 3.27. The van der Waals surface area contributed by atoms with Crippen LogP contribution in [0.4, 0.5) is 0 Å². The lowest BCUT2D eigenvalue weighted by molar-refractivity contribution is -0.114. The van der Waals surface area contributed by atoms with Crippen molar-refractivity contribution < 1.29 is 18.4 Å². The minimum absolute atomic E-state index is 0.154. The molecule has 0 saturated carbocycles. The smallest absolute Gasteiger partial charge is 0.308 e. The molecule has 0 fully saturated rings. The fourth-order valence-electron chi connectivity index (χ4n) is 1.08. The Morgan fingerprint density at radius 1 is 1.12 bits per heavy atom. The second-order valence-corrected chi connectivity index (χ2v) is 6.14. The highest BCUT2D eigenvalue weighted by Crippen LogP contribution is 2.48. The lowest BCUT2D eigenvalue weighted by Gasteiger charge is -2.17. The summed E-state index contributed by atoms with van der Waals surface area (Å²) >= 11 is 5.40. The van der Waals surface area contributed by atoms with Crippen LogP contribution < -0.4 is 0 Å². The first-order valence-electron chi connectivity index (χ1n) is 6.03. The molecule has 102 valence electrons. The number of alkyl halides is 1. The molecule has 0 aromatic rings. The number of halogens is 1. The standard InChI is InChI=1S/C11H22ClO4P/c1-3-5-7-15-17(14,10-11(13)9-12)16-8-6-4-2/h3-10H2,1-2H3. The van der Waals surface area contributed by atoms with Crippen molar-refractivity contribution in [3.63, 3.8) is 0 Å². The largest absolute Gasteiger partial charge is 0.338 e. The van der Waals surface area contributed by atoms with E-state index < -0.39 is 7.60 Å². The quantitative estimate of drug-likeness (QED) is 0.330. The van der Waals surface area contributed by atoms with Crippen molar-refractivity contribution in [2.45, 2.75) is 39.5 Å². The summed E-state index contributed by atoms with van der Waals surface area (Å²) in [7, 11) is -3.29. The van der Waals surface area contributed by atoms with Crippen molar-refractivity contribution in [2.24, 2.45) is 0 Å². The van der Waals surface area contributed by atoms with Crippen LogP contribution in [0.2, 0.25) is 0 Å². The van der Waals surface area contributed by atoms with E-state index in [1.807, 2.05) is 13.8 Å². The third-order valence-corrected chi connectivity index (χ3v) is 4.28. The van der Waals surface area contributed by atoms with Gasteiger partial charge >= 0.3 is 7.60 Å². The van der Waals surface area contributed by atoms with Gasteiger partial charge in [-0.25, -0.2) is 0 Å². The van der Waals surface area contributed by atoms with Crippen molar-refractivity contribution >= 4 is 25.0 Å². The molecule has 0 N–H and O–H groups in total. The highest BCUT2D eigenvalue weighted by atomic mass is 35.5. The second kappa shape index (κ2) is 10.1. The minimum atomic E-state index is -3.29. The van der Waals surface area contributed by atoms with Crippen molar-refractivity contribution in [1.29, 1.82) is 0 Å². The Labute approximate surface area is 109 Å². The average Bonchev–Trinajstić information content (AvgIpc) is 2.29. The first-order chi connectivity index (χ1) is 8.08. The number of ketones is 1. The van der Waals surface area contributed by atoms with E-state index in [1.165, 1.54) is 0 Å². The number of carbonyl (C=O) groups is 1. The van der Waals surface area contributed by atoms with Gasteiger partial charge in [0.2, 0.25) is 0 Å². The molecule has 0 heterocycles. The zero-order valence-electron chi connectivity index (χ0n) is 10.6. The Balaban J connectivity index is 4.24. The topological polar surface area (TPSA) is 52.6 Å². The predicted molar refractivity (Wildman–Crippen MR) is 69.9 cm³/mol. The summed E-state index contributed by atoms with van der Waals surface area (Å²) < 4.78 is 22.7. The zero-order chi connectivity index (χ0) is 13.1. The Kier molecular flexibility index (Phi) is 10.1. The molecule has 0 aromatic carbocycles. The van der Waals surface area contributed by atoms with Gasteiger partial charge in [0.15, 0.2) is 5.78 Å². The van der Waals surface area contributed by atoms with Crippen LogP contribution in [0.1, 0.15) is 39.5 Å². The van der Waals surface area contributed by atoms with E-state index >= 15 is 0 Å². The molecule has 0 aromatic heterocycles. The Morgan fingerprint density at radius 2 is 1.59 bits per heavy atom. The SMILES string of the molecule is CCCCOP(=O)(CC(=O)CCl)OCCCC. The monoisotopic (exact) mass is 284 g/mol. The highest BCUT2D eigenvalue weighted by molar-refractivity contribution is 7.54. The lowest BCUT2D eigenvalue weighted by atomic mass is 10.4. The maximum Gasteiger partial charge on any atom is 0.338 e. The Hall–Kier alpha value is 0.110. The van der Waals surface area contributed by atoms with Crippen LogP contribution in [0, 0.1) is 0 Å². The molecule has 0 atom stereocenters. The van der Waals surface area contributed by atoms with Gasteiger partial charge < -0.3 is 9.05 Å². The van der Waals surface area contributed by atoms with E-state index in [2.05, 4.69) is 0 Å². The molecule has 0 bridgehead atoms. The summed E-state index contributed by atoms with van der Waals surface area (Å²) in [6.45, 7) is 4.73. The van der Waals surface area contributed by atoms with Crippen molar-refractivity contribution in [3.8, 4) is 0 Å². The van der Waals surface area contributed by atoms with Crippen LogP contribution in [0.15, 0.2) is 0 Å². The molecule has 0 unspecified atom stereocenters. The van der Waals surface area contributed by atoms with Crippen LogP contribution in [0.3, 0.4) is 0 Å². The van der Waals surface area contributed by atoms with E-state index in [-0.39, 0.29) is 17.8 Å². The van der Waals surface area contributed by atoms with Gasteiger partial charge in [-0.3, -0.25) is 9.36 Å². The summed E-state index contributed by atoms with van der Waals surface area (Å²) in [6, 6.07) is 0. The molecular weight excluding hydrogens is 263 g/mol. The maximum atomic E-state index is 12.2. The predicted octanol–water partition coefficient (Wildman–Crippen LogP) is 3.62. The molecule has 6 heteroatoms. The Bertz CT molecular complexity index is 244. The minimum Gasteiger partial charge on any atom is -0.308 e. The van der Waals surface area contributed by atoms with E-state index in [1.54, 1.807) is 0 Å². The van der Waals surface area contributed by atoms with Gasteiger partial charge in [-0.05, 0) is 12.8 Å². The molecule has 4 nitrogen and oxygen atoms in total. The maximum absolute atomic E-state index is 12.2. The number of carbonyl (C=O) groups excluding carboxylic acids is 1. The van der Waals surface area contributed by atoms with E-state index in [4.69, 9.17) is 20.6 Å². The van der Waals surface area contributed by atoms with Gasteiger partial charge in [-0.2, -0.15) is 0 Å². The highest BCUT2D eigenvalue weighted by Gasteiger charge is 2.27. The van der Waals surface area contributed by atoms with Gasteiger partial charge in [0.25, 0.3) is 0 Å². The van der Waals surface area contributed by atoms with Crippen LogP contribution in [-0.2, 0) is 18.4 Å². The first kappa shape index (κ1) is 17.1. The van der Waals surface area contributed by atoms with E-state index in [0.717, 1.165) is 25.7 Å². The fourth-order valence-corrected chi connectivity index (χ4v) is 2.92. The molecule has 0 spiro atoms. The van der Waals surface area contributed by atoms with E-state index in [9.17, 15) is 9.36 Å². The molecule has 17 heavy (non-hydrogen) atoms. The number of unbranched alkanes of at least 4 members (excludes halogenated alkanes) is 2. The molecule has 0 radical (unpaired) electrons. The summed E-state index contributed by atoms with van der Waals surface area (Å²) in [5.41, 5.74) is 0. The van der Waals surface area contributed by atoms with Gasteiger partial charge in [-0.15, -0.1) is 11.6 Å². The number of rotatable bonds is 11. The third kappa shape index (κ3) is 8.78. The third-order valence-electron chi connectivity index (χ3n) is 2.09. The van der Waals surface area contributed by atoms with Crippen LogP contribution in [0.25, 0.3) is 0 Å². The number of hydrogen-bond acceptors (Lipinski definition) is 4. The number of hydrogen-bond donors (Lipinski definition) is 0. The molecule has 0 aliphatic carbocycles. The normalized spacial score (nSPS) is 11.7. The molecule has 0 saturated heterocycles. The van der Waals surface area contributed by atoms with Crippen LogP contribution in [-0.4, -0.2) is 31.0 Å². The fraction of sp³-hybridized carbons (Fsp3) is 0.909. The van der Waals surface area contributed by atoms with Crippen molar-refractivity contribution in [1.82, 2.24) is 0 Å². The van der Waals surface area contributed by atoms with Crippen LogP contribution in [0.5, 0.6) is 0 Å².